The molecular formula is C25H27BrFN5O. The molecule has 172 valence electrons. The molecule has 0 amide bonds. The largest absolute Gasteiger partial charge is 0.369 e. The lowest BCUT2D eigenvalue weighted by atomic mass is 9.81. The van der Waals surface area contributed by atoms with Crippen molar-refractivity contribution in [3.05, 3.63) is 56.9 Å². The Labute approximate surface area is 200 Å². The third kappa shape index (κ3) is 4.03. The number of piperidine rings is 1. The summed E-state index contributed by atoms with van der Waals surface area (Å²) in [5, 5.41) is 4.51. The molecule has 1 aliphatic carbocycles. The van der Waals surface area contributed by atoms with Gasteiger partial charge in [-0.3, -0.25) is 4.79 Å². The molecule has 1 aromatic carbocycles. The fourth-order valence-corrected chi connectivity index (χ4v) is 6.06. The van der Waals surface area contributed by atoms with E-state index in [0.717, 1.165) is 71.9 Å². The SMILES string of the molecule is O=c1cccc2n1C[C@H]1C[C@@H]2CN(c2nc(NCCC3CC(F)C3)c3ccc(Br)cc3n2)C1. The van der Waals surface area contributed by atoms with Gasteiger partial charge in [0.25, 0.3) is 5.56 Å². The molecule has 2 atom stereocenters. The van der Waals surface area contributed by atoms with Crippen LogP contribution in [-0.4, -0.2) is 40.3 Å². The van der Waals surface area contributed by atoms with Gasteiger partial charge in [-0.2, -0.15) is 4.98 Å². The predicted molar refractivity (Wildman–Crippen MR) is 132 cm³/mol. The summed E-state index contributed by atoms with van der Waals surface area (Å²) in [5.74, 6) is 2.75. The van der Waals surface area contributed by atoms with Crippen molar-refractivity contribution in [3.8, 4) is 0 Å². The van der Waals surface area contributed by atoms with Crippen LogP contribution in [0.1, 0.15) is 37.3 Å². The zero-order chi connectivity index (χ0) is 22.5. The van der Waals surface area contributed by atoms with E-state index < -0.39 is 6.17 Å². The number of fused-ring (bicyclic) bond motifs is 5. The number of rotatable bonds is 5. The predicted octanol–water partition coefficient (Wildman–Crippen LogP) is 4.73. The van der Waals surface area contributed by atoms with E-state index in [1.807, 2.05) is 28.8 Å². The van der Waals surface area contributed by atoms with Gasteiger partial charge in [-0.15, -0.1) is 0 Å². The first-order chi connectivity index (χ1) is 16.0. The summed E-state index contributed by atoms with van der Waals surface area (Å²) >= 11 is 3.57. The van der Waals surface area contributed by atoms with Gasteiger partial charge in [0.2, 0.25) is 5.95 Å². The third-order valence-electron chi connectivity index (χ3n) is 7.43. The topological polar surface area (TPSA) is 63.1 Å². The van der Waals surface area contributed by atoms with Gasteiger partial charge < -0.3 is 14.8 Å². The summed E-state index contributed by atoms with van der Waals surface area (Å²) in [6.07, 6.45) is 2.81. The van der Waals surface area contributed by atoms with E-state index in [0.29, 0.717) is 30.6 Å². The van der Waals surface area contributed by atoms with Crippen LogP contribution in [0.5, 0.6) is 0 Å². The van der Waals surface area contributed by atoms with E-state index in [9.17, 15) is 9.18 Å². The van der Waals surface area contributed by atoms with Crippen LogP contribution in [-0.2, 0) is 6.54 Å². The van der Waals surface area contributed by atoms with Crippen molar-refractivity contribution in [2.75, 3.05) is 29.9 Å². The summed E-state index contributed by atoms with van der Waals surface area (Å²) in [5.41, 5.74) is 2.12. The summed E-state index contributed by atoms with van der Waals surface area (Å²) < 4.78 is 16.1. The molecule has 33 heavy (non-hydrogen) atoms. The molecule has 2 aliphatic heterocycles. The molecule has 6 rings (SSSR count). The van der Waals surface area contributed by atoms with Crippen molar-refractivity contribution in [2.45, 2.75) is 44.3 Å². The Hall–Kier alpha value is -2.48. The Morgan fingerprint density at radius 3 is 2.82 bits per heavy atom. The van der Waals surface area contributed by atoms with Gasteiger partial charge in [-0.25, -0.2) is 9.37 Å². The van der Waals surface area contributed by atoms with E-state index >= 15 is 0 Å². The fourth-order valence-electron chi connectivity index (χ4n) is 5.71. The quantitative estimate of drug-likeness (QED) is 0.536. The number of hydrogen-bond donors (Lipinski definition) is 1. The van der Waals surface area contributed by atoms with Crippen molar-refractivity contribution in [2.24, 2.45) is 11.8 Å². The number of anilines is 2. The maximum atomic E-state index is 13.2. The van der Waals surface area contributed by atoms with Gasteiger partial charge in [0.1, 0.15) is 12.0 Å². The molecule has 0 spiro atoms. The van der Waals surface area contributed by atoms with E-state index in [1.165, 1.54) is 0 Å². The monoisotopic (exact) mass is 511 g/mol. The first kappa shape index (κ1) is 21.1. The minimum atomic E-state index is -0.613. The zero-order valence-electron chi connectivity index (χ0n) is 18.4. The number of halogens is 2. The number of pyridine rings is 1. The summed E-state index contributed by atoms with van der Waals surface area (Å²) in [6, 6.07) is 11.7. The van der Waals surface area contributed by atoms with Gasteiger partial charge in [0.15, 0.2) is 0 Å². The van der Waals surface area contributed by atoms with E-state index in [-0.39, 0.29) is 5.56 Å². The maximum Gasteiger partial charge on any atom is 0.250 e. The minimum Gasteiger partial charge on any atom is -0.369 e. The Balaban J connectivity index is 1.29. The standard InChI is InChI=1S/C25H27BrFN5O/c26-18-4-5-20-21(11-18)29-25(30-24(20)28-7-6-15-9-19(27)10-15)31-12-16-8-17(14-31)22-2-1-3-23(33)32(22)13-16/h1-5,11,15-17,19H,6-10,12-14H2,(H,28,29,30)/t15?,16-,17+,19?/m0/s1. The number of alkyl halides is 1. The number of benzene rings is 1. The zero-order valence-corrected chi connectivity index (χ0v) is 20.0. The molecule has 1 N–H and O–H groups in total. The first-order valence-electron chi connectivity index (χ1n) is 11.8. The van der Waals surface area contributed by atoms with Gasteiger partial charge in [0, 0.05) is 53.7 Å². The third-order valence-corrected chi connectivity index (χ3v) is 7.93. The van der Waals surface area contributed by atoms with Gasteiger partial charge in [-0.05, 0) is 61.8 Å². The second-order valence-corrected chi connectivity index (χ2v) is 10.7. The second kappa shape index (κ2) is 8.38. The molecular weight excluding hydrogens is 485 g/mol. The average Bonchev–Trinajstić information content (AvgIpc) is 2.78. The van der Waals surface area contributed by atoms with Gasteiger partial charge >= 0.3 is 0 Å². The Morgan fingerprint density at radius 2 is 1.97 bits per heavy atom. The Morgan fingerprint density at radius 1 is 1.09 bits per heavy atom. The lowest BCUT2D eigenvalue weighted by molar-refractivity contribution is 0.127. The van der Waals surface area contributed by atoms with Gasteiger partial charge in [-0.1, -0.05) is 22.0 Å². The second-order valence-electron chi connectivity index (χ2n) is 9.79. The van der Waals surface area contributed by atoms with Crippen molar-refractivity contribution in [3.63, 3.8) is 0 Å². The van der Waals surface area contributed by atoms with Crippen LogP contribution in [0, 0.1) is 11.8 Å². The lowest BCUT2D eigenvalue weighted by Gasteiger charge is -2.42. The van der Waals surface area contributed by atoms with Crippen LogP contribution in [0.25, 0.3) is 10.9 Å². The van der Waals surface area contributed by atoms with E-state index in [1.54, 1.807) is 6.07 Å². The molecule has 2 fully saturated rings. The highest BCUT2D eigenvalue weighted by molar-refractivity contribution is 9.10. The summed E-state index contributed by atoms with van der Waals surface area (Å²) in [6.45, 7) is 3.18. The molecule has 2 bridgehead atoms. The van der Waals surface area contributed by atoms with Crippen molar-refractivity contribution < 1.29 is 4.39 Å². The molecule has 1 saturated heterocycles. The highest BCUT2D eigenvalue weighted by atomic mass is 79.9. The molecule has 1 saturated carbocycles. The summed E-state index contributed by atoms with van der Waals surface area (Å²) in [7, 11) is 0. The van der Waals surface area contributed by atoms with E-state index in [4.69, 9.17) is 9.97 Å². The van der Waals surface area contributed by atoms with Crippen LogP contribution in [0.3, 0.4) is 0 Å². The molecule has 4 heterocycles. The summed E-state index contributed by atoms with van der Waals surface area (Å²) in [4.78, 5) is 24.5. The molecule has 0 radical (unpaired) electrons. The number of nitrogens with one attached hydrogen (secondary N) is 1. The lowest BCUT2D eigenvalue weighted by Crippen LogP contribution is -2.47. The molecule has 2 aromatic heterocycles. The van der Waals surface area contributed by atoms with Crippen LogP contribution >= 0.6 is 15.9 Å². The first-order valence-corrected chi connectivity index (χ1v) is 12.6. The van der Waals surface area contributed by atoms with Crippen LogP contribution in [0.15, 0.2) is 45.7 Å². The van der Waals surface area contributed by atoms with Crippen molar-refractivity contribution in [1.82, 2.24) is 14.5 Å². The average molecular weight is 512 g/mol. The van der Waals surface area contributed by atoms with Crippen molar-refractivity contribution >= 4 is 38.6 Å². The number of aromatic nitrogens is 3. The Kier molecular flexibility index (Phi) is 5.35. The molecule has 3 aromatic rings. The smallest absolute Gasteiger partial charge is 0.250 e. The van der Waals surface area contributed by atoms with E-state index in [2.05, 4.69) is 32.2 Å². The molecule has 3 aliphatic rings. The highest BCUT2D eigenvalue weighted by Gasteiger charge is 2.35. The van der Waals surface area contributed by atoms with Gasteiger partial charge in [0.05, 0.1) is 5.52 Å². The minimum absolute atomic E-state index is 0.0967. The molecule has 0 unspecified atom stereocenters. The maximum absolute atomic E-state index is 13.2. The normalized spacial score (nSPS) is 26.1. The number of hydrogen-bond acceptors (Lipinski definition) is 5. The fraction of sp³-hybridized carbons (Fsp3) is 0.480. The molecule has 8 heteroatoms. The highest BCUT2D eigenvalue weighted by Crippen LogP contribution is 2.37. The molecule has 6 nitrogen and oxygen atoms in total. The van der Waals surface area contributed by atoms with Crippen LogP contribution in [0.4, 0.5) is 16.2 Å². The Bertz CT molecular complexity index is 1260. The van der Waals surface area contributed by atoms with Crippen LogP contribution in [0.2, 0.25) is 0 Å². The van der Waals surface area contributed by atoms with Crippen molar-refractivity contribution in [1.29, 1.82) is 0 Å². The van der Waals surface area contributed by atoms with Crippen LogP contribution < -0.4 is 15.8 Å². The number of nitrogens with zero attached hydrogens (tertiary/aromatic N) is 4.